The van der Waals surface area contributed by atoms with Crippen LogP contribution in [0.2, 0.25) is 0 Å². The number of carboxylic acid groups (broad SMARTS) is 1. The molecule has 1 N–H and O–H groups in total. The van der Waals surface area contributed by atoms with Crippen LogP contribution in [0.1, 0.15) is 40.0 Å². The van der Waals surface area contributed by atoms with Gasteiger partial charge in [-0.25, -0.2) is 0 Å². The molecule has 3 unspecified atom stereocenters. The summed E-state index contributed by atoms with van der Waals surface area (Å²) in [6.45, 7) is 7.90. The SMILES string of the molecule is CC1CC(C(=O)O)C(C(=O)N2CCC(C)(C)C2)C1. The predicted octanol–water partition coefficient (Wildman–Crippen LogP) is 1.99. The molecule has 4 nitrogen and oxygen atoms in total. The molecular formula is C14H23NO3. The summed E-state index contributed by atoms with van der Waals surface area (Å²) < 4.78 is 0. The zero-order chi connectivity index (χ0) is 13.5. The van der Waals surface area contributed by atoms with E-state index in [4.69, 9.17) is 0 Å². The Balaban J connectivity index is 2.07. The van der Waals surface area contributed by atoms with E-state index in [1.54, 1.807) is 0 Å². The highest BCUT2D eigenvalue weighted by molar-refractivity contribution is 5.85. The smallest absolute Gasteiger partial charge is 0.307 e. The second-order valence-electron chi connectivity index (χ2n) is 6.80. The fourth-order valence-corrected chi connectivity index (χ4v) is 3.37. The third-order valence-corrected chi connectivity index (χ3v) is 4.42. The minimum Gasteiger partial charge on any atom is -0.481 e. The number of hydrogen-bond donors (Lipinski definition) is 1. The van der Waals surface area contributed by atoms with Crippen LogP contribution in [0, 0.1) is 23.2 Å². The molecule has 1 heterocycles. The summed E-state index contributed by atoms with van der Waals surface area (Å²) in [7, 11) is 0. The molecule has 1 saturated heterocycles. The van der Waals surface area contributed by atoms with Gasteiger partial charge in [-0.15, -0.1) is 0 Å². The van der Waals surface area contributed by atoms with E-state index in [1.807, 2.05) is 11.8 Å². The number of amides is 1. The van der Waals surface area contributed by atoms with Crippen molar-refractivity contribution in [1.29, 1.82) is 0 Å². The Morgan fingerprint density at radius 2 is 1.83 bits per heavy atom. The van der Waals surface area contributed by atoms with Gasteiger partial charge in [0.15, 0.2) is 0 Å². The van der Waals surface area contributed by atoms with E-state index >= 15 is 0 Å². The van der Waals surface area contributed by atoms with Gasteiger partial charge in [0, 0.05) is 13.1 Å². The van der Waals surface area contributed by atoms with Crippen LogP contribution in [0.3, 0.4) is 0 Å². The van der Waals surface area contributed by atoms with E-state index in [0.29, 0.717) is 12.3 Å². The Hall–Kier alpha value is -1.06. The maximum absolute atomic E-state index is 12.5. The van der Waals surface area contributed by atoms with Gasteiger partial charge in [-0.05, 0) is 30.6 Å². The van der Waals surface area contributed by atoms with Crippen molar-refractivity contribution in [2.45, 2.75) is 40.0 Å². The van der Waals surface area contributed by atoms with Crippen molar-refractivity contribution in [3.05, 3.63) is 0 Å². The summed E-state index contributed by atoms with van der Waals surface area (Å²) in [5.41, 5.74) is 0.179. The second kappa shape index (κ2) is 4.56. The van der Waals surface area contributed by atoms with Crippen LogP contribution >= 0.6 is 0 Å². The Morgan fingerprint density at radius 1 is 1.22 bits per heavy atom. The van der Waals surface area contributed by atoms with Crippen LogP contribution in [0.5, 0.6) is 0 Å². The molecule has 18 heavy (non-hydrogen) atoms. The number of rotatable bonds is 2. The number of carboxylic acids is 1. The molecule has 0 bridgehead atoms. The van der Waals surface area contributed by atoms with Crippen LogP contribution in [0.25, 0.3) is 0 Å². The number of likely N-dealkylation sites (tertiary alicyclic amines) is 1. The molecule has 0 aromatic carbocycles. The summed E-state index contributed by atoms with van der Waals surface area (Å²) in [5, 5.41) is 9.23. The molecule has 1 aliphatic carbocycles. The molecular weight excluding hydrogens is 230 g/mol. The first-order valence-corrected chi connectivity index (χ1v) is 6.82. The van der Waals surface area contributed by atoms with Crippen molar-refractivity contribution in [3.8, 4) is 0 Å². The maximum Gasteiger partial charge on any atom is 0.307 e. The molecule has 1 amide bonds. The number of carbonyl (C=O) groups is 2. The second-order valence-corrected chi connectivity index (χ2v) is 6.80. The molecule has 3 atom stereocenters. The Bertz CT molecular complexity index is 364. The number of aliphatic carboxylic acids is 1. The molecule has 2 rings (SSSR count). The van der Waals surface area contributed by atoms with Gasteiger partial charge in [0.25, 0.3) is 0 Å². The van der Waals surface area contributed by atoms with Crippen molar-refractivity contribution >= 4 is 11.9 Å². The average molecular weight is 253 g/mol. The molecule has 0 radical (unpaired) electrons. The molecule has 4 heteroatoms. The van der Waals surface area contributed by atoms with Gasteiger partial charge in [0.1, 0.15) is 0 Å². The van der Waals surface area contributed by atoms with Gasteiger partial charge in [-0.3, -0.25) is 9.59 Å². The van der Waals surface area contributed by atoms with Crippen LogP contribution in [-0.4, -0.2) is 35.0 Å². The minimum absolute atomic E-state index is 0.0670. The molecule has 0 spiro atoms. The predicted molar refractivity (Wildman–Crippen MR) is 68.0 cm³/mol. The summed E-state index contributed by atoms with van der Waals surface area (Å²) in [5.74, 6) is -1.17. The molecule has 102 valence electrons. The van der Waals surface area contributed by atoms with Gasteiger partial charge in [0.05, 0.1) is 11.8 Å². The first-order chi connectivity index (χ1) is 8.30. The van der Waals surface area contributed by atoms with Crippen molar-refractivity contribution < 1.29 is 14.7 Å². The Labute approximate surface area is 108 Å². The van der Waals surface area contributed by atoms with E-state index in [2.05, 4.69) is 13.8 Å². The third-order valence-electron chi connectivity index (χ3n) is 4.42. The zero-order valence-corrected chi connectivity index (χ0v) is 11.5. The highest BCUT2D eigenvalue weighted by Gasteiger charge is 2.44. The molecule has 0 aromatic rings. The van der Waals surface area contributed by atoms with E-state index in [-0.39, 0.29) is 17.2 Å². The van der Waals surface area contributed by atoms with E-state index in [1.165, 1.54) is 0 Å². The summed E-state index contributed by atoms with van der Waals surface area (Å²) in [4.78, 5) is 25.6. The van der Waals surface area contributed by atoms with Crippen LogP contribution in [-0.2, 0) is 9.59 Å². The van der Waals surface area contributed by atoms with Gasteiger partial charge in [-0.2, -0.15) is 0 Å². The molecule has 1 aliphatic heterocycles. The quantitative estimate of drug-likeness (QED) is 0.818. The first kappa shape index (κ1) is 13.4. The maximum atomic E-state index is 12.5. The highest BCUT2D eigenvalue weighted by Crippen LogP contribution is 2.39. The van der Waals surface area contributed by atoms with Crippen molar-refractivity contribution in [3.63, 3.8) is 0 Å². The van der Waals surface area contributed by atoms with E-state index in [0.717, 1.165) is 25.9 Å². The third kappa shape index (κ3) is 2.52. The highest BCUT2D eigenvalue weighted by atomic mass is 16.4. The van der Waals surface area contributed by atoms with Crippen LogP contribution < -0.4 is 0 Å². The Morgan fingerprint density at radius 3 is 2.33 bits per heavy atom. The number of nitrogens with zero attached hydrogens (tertiary/aromatic N) is 1. The lowest BCUT2D eigenvalue weighted by Crippen LogP contribution is -2.38. The zero-order valence-electron chi connectivity index (χ0n) is 11.5. The largest absolute Gasteiger partial charge is 0.481 e. The van der Waals surface area contributed by atoms with Crippen molar-refractivity contribution in [2.24, 2.45) is 23.2 Å². The summed E-state index contributed by atoms with van der Waals surface area (Å²) >= 11 is 0. The van der Waals surface area contributed by atoms with Crippen LogP contribution in [0.15, 0.2) is 0 Å². The lowest BCUT2D eigenvalue weighted by molar-refractivity contribution is -0.148. The number of carbonyl (C=O) groups excluding carboxylic acids is 1. The van der Waals surface area contributed by atoms with Gasteiger partial charge >= 0.3 is 5.97 Å². The molecule has 0 aromatic heterocycles. The molecule has 2 aliphatic rings. The monoisotopic (exact) mass is 253 g/mol. The van der Waals surface area contributed by atoms with Crippen LogP contribution in [0.4, 0.5) is 0 Å². The lowest BCUT2D eigenvalue weighted by atomic mass is 9.92. The minimum atomic E-state index is -0.809. The van der Waals surface area contributed by atoms with Crippen molar-refractivity contribution in [2.75, 3.05) is 13.1 Å². The fraction of sp³-hybridized carbons (Fsp3) is 0.857. The summed E-state index contributed by atoms with van der Waals surface area (Å²) in [6.07, 6.45) is 2.38. The van der Waals surface area contributed by atoms with E-state index in [9.17, 15) is 14.7 Å². The van der Waals surface area contributed by atoms with Crippen molar-refractivity contribution in [1.82, 2.24) is 4.90 Å². The Kier molecular flexibility index (Phi) is 3.39. The fourth-order valence-electron chi connectivity index (χ4n) is 3.37. The van der Waals surface area contributed by atoms with E-state index < -0.39 is 11.9 Å². The normalized spacial score (nSPS) is 34.8. The summed E-state index contributed by atoms with van der Waals surface area (Å²) in [6, 6.07) is 0. The molecule has 2 fully saturated rings. The number of hydrogen-bond acceptors (Lipinski definition) is 2. The lowest BCUT2D eigenvalue weighted by Gasteiger charge is -2.24. The standard InChI is InChI=1S/C14H23NO3/c1-9-6-10(11(7-9)13(17)18)12(16)15-5-4-14(2,3)8-15/h9-11H,4-8H2,1-3H3,(H,17,18). The van der Waals surface area contributed by atoms with Gasteiger partial charge in [-0.1, -0.05) is 20.8 Å². The molecule has 1 saturated carbocycles. The average Bonchev–Trinajstić information content (AvgIpc) is 2.80. The van der Waals surface area contributed by atoms with Gasteiger partial charge < -0.3 is 10.0 Å². The first-order valence-electron chi connectivity index (χ1n) is 6.82. The topological polar surface area (TPSA) is 57.6 Å². The van der Waals surface area contributed by atoms with Gasteiger partial charge in [0.2, 0.25) is 5.91 Å².